The Kier molecular flexibility index (Phi) is 4.17. The maximum atomic E-state index is 10.8. The van der Waals surface area contributed by atoms with Crippen LogP contribution in [0.1, 0.15) is 13.8 Å². The van der Waals surface area contributed by atoms with E-state index in [0.717, 1.165) is 11.4 Å². The Balaban J connectivity index is 2.66. The molecule has 1 aromatic carbocycles. The van der Waals surface area contributed by atoms with Gasteiger partial charge in [-0.15, -0.1) is 0 Å². The van der Waals surface area contributed by atoms with E-state index in [4.69, 9.17) is 10.5 Å². The van der Waals surface area contributed by atoms with Gasteiger partial charge in [0.1, 0.15) is 5.75 Å². The lowest BCUT2D eigenvalue weighted by Gasteiger charge is -2.18. The van der Waals surface area contributed by atoms with Gasteiger partial charge in [0.15, 0.2) is 0 Å². The topological polar surface area (TPSA) is 55.6 Å². The molecule has 0 radical (unpaired) electrons. The summed E-state index contributed by atoms with van der Waals surface area (Å²) in [5, 5.41) is 0. The molecule has 0 atom stereocenters. The summed E-state index contributed by atoms with van der Waals surface area (Å²) in [4.78, 5) is 12.5. The molecular weight excluding hydrogens is 204 g/mol. The fraction of sp³-hybridized carbons (Fsp3) is 0.417. The third-order valence-electron chi connectivity index (χ3n) is 2.04. The van der Waals surface area contributed by atoms with E-state index in [0.29, 0.717) is 0 Å². The highest BCUT2D eigenvalue weighted by Gasteiger charge is 2.04. The third kappa shape index (κ3) is 3.81. The zero-order valence-electron chi connectivity index (χ0n) is 9.93. The Morgan fingerprint density at radius 3 is 2.38 bits per heavy atom. The minimum Gasteiger partial charge on any atom is -0.491 e. The Hall–Kier alpha value is -1.71. The Bertz CT molecular complexity index is 347. The van der Waals surface area contributed by atoms with E-state index in [2.05, 4.69) is 0 Å². The van der Waals surface area contributed by atoms with Gasteiger partial charge in [-0.2, -0.15) is 0 Å². The van der Waals surface area contributed by atoms with Crippen LogP contribution >= 0.6 is 0 Å². The summed E-state index contributed by atoms with van der Waals surface area (Å²) in [6.07, 6.45) is 0.161. The minimum atomic E-state index is -0.343. The number of anilines is 1. The first kappa shape index (κ1) is 12.4. The molecule has 16 heavy (non-hydrogen) atoms. The van der Waals surface area contributed by atoms with Gasteiger partial charge in [-0.25, -0.2) is 0 Å². The normalized spacial score (nSPS) is 10.2. The predicted molar refractivity (Wildman–Crippen MR) is 64.7 cm³/mol. The van der Waals surface area contributed by atoms with E-state index < -0.39 is 0 Å². The van der Waals surface area contributed by atoms with E-state index in [9.17, 15) is 4.79 Å². The van der Waals surface area contributed by atoms with E-state index in [1.807, 2.05) is 45.2 Å². The van der Waals surface area contributed by atoms with Crippen molar-refractivity contribution in [3.8, 4) is 5.75 Å². The number of benzene rings is 1. The van der Waals surface area contributed by atoms with Crippen molar-refractivity contribution in [2.45, 2.75) is 20.0 Å². The van der Waals surface area contributed by atoms with E-state index in [1.54, 1.807) is 4.90 Å². The number of hydrogen-bond donors (Lipinski definition) is 1. The molecule has 4 nitrogen and oxygen atoms in total. The smallest absolute Gasteiger partial charge is 0.236 e. The fourth-order valence-electron chi connectivity index (χ4n) is 1.38. The highest BCUT2D eigenvalue weighted by atomic mass is 16.5. The summed E-state index contributed by atoms with van der Waals surface area (Å²) < 4.78 is 5.52. The predicted octanol–water partition coefficient (Wildman–Crippen LogP) is 1.40. The lowest BCUT2D eigenvalue weighted by atomic mass is 10.2. The van der Waals surface area contributed by atoms with Gasteiger partial charge in [-0.05, 0) is 38.1 Å². The number of primary amides is 1. The molecule has 0 bridgehead atoms. The summed E-state index contributed by atoms with van der Waals surface area (Å²) >= 11 is 0. The van der Waals surface area contributed by atoms with Gasteiger partial charge in [0.2, 0.25) is 5.91 Å². The first-order valence-corrected chi connectivity index (χ1v) is 5.25. The molecule has 2 N–H and O–H groups in total. The van der Waals surface area contributed by atoms with Crippen molar-refractivity contribution in [2.24, 2.45) is 5.73 Å². The van der Waals surface area contributed by atoms with Crippen molar-refractivity contribution in [3.05, 3.63) is 24.3 Å². The van der Waals surface area contributed by atoms with Crippen LogP contribution in [0.5, 0.6) is 5.75 Å². The number of carbonyl (C=O) groups is 1. The Labute approximate surface area is 96.0 Å². The molecule has 1 rings (SSSR count). The molecule has 0 aliphatic heterocycles. The van der Waals surface area contributed by atoms with E-state index in [1.165, 1.54) is 0 Å². The van der Waals surface area contributed by atoms with Crippen LogP contribution in [-0.2, 0) is 4.79 Å². The summed E-state index contributed by atoms with van der Waals surface area (Å²) in [5.74, 6) is 0.483. The van der Waals surface area contributed by atoms with Crippen molar-refractivity contribution in [1.82, 2.24) is 0 Å². The van der Waals surface area contributed by atoms with Gasteiger partial charge in [0.05, 0.1) is 12.6 Å². The molecule has 0 spiro atoms. The van der Waals surface area contributed by atoms with Crippen LogP contribution in [0, 0.1) is 0 Å². The maximum Gasteiger partial charge on any atom is 0.236 e. The molecule has 0 unspecified atom stereocenters. The van der Waals surface area contributed by atoms with Crippen molar-refractivity contribution < 1.29 is 9.53 Å². The SMILES string of the molecule is CC(C)Oc1ccc(N(C)CC(N)=O)cc1. The van der Waals surface area contributed by atoms with E-state index in [-0.39, 0.29) is 18.6 Å². The van der Waals surface area contributed by atoms with Crippen LogP contribution in [0.2, 0.25) is 0 Å². The number of carbonyl (C=O) groups excluding carboxylic acids is 1. The number of likely N-dealkylation sites (N-methyl/N-ethyl adjacent to an activating group) is 1. The van der Waals surface area contributed by atoms with Crippen molar-refractivity contribution in [1.29, 1.82) is 0 Å². The molecule has 1 aromatic rings. The Morgan fingerprint density at radius 2 is 1.94 bits per heavy atom. The number of amides is 1. The van der Waals surface area contributed by atoms with Crippen molar-refractivity contribution >= 4 is 11.6 Å². The fourth-order valence-corrected chi connectivity index (χ4v) is 1.38. The number of ether oxygens (including phenoxy) is 1. The van der Waals surface area contributed by atoms with Gasteiger partial charge >= 0.3 is 0 Å². The zero-order chi connectivity index (χ0) is 12.1. The largest absolute Gasteiger partial charge is 0.491 e. The highest BCUT2D eigenvalue weighted by molar-refractivity contribution is 5.79. The first-order valence-electron chi connectivity index (χ1n) is 5.25. The van der Waals surface area contributed by atoms with Gasteiger partial charge in [-0.3, -0.25) is 4.79 Å². The number of nitrogens with zero attached hydrogens (tertiary/aromatic N) is 1. The molecule has 0 fully saturated rings. The molecular formula is C12H18N2O2. The van der Waals surface area contributed by atoms with Gasteiger partial charge in [-0.1, -0.05) is 0 Å². The summed E-state index contributed by atoms with van der Waals surface area (Å²) in [7, 11) is 1.82. The molecule has 0 saturated carbocycles. The maximum absolute atomic E-state index is 10.8. The second kappa shape index (κ2) is 5.39. The number of hydrogen-bond acceptors (Lipinski definition) is 3. The average Bonchev–Trinajstić information content (AvgIpc) is 2.16. The zero-order valence-corrected chi connectivity index (χ0v) is 9.93. The van der Waals surface area contributed by atoms with Gasteiger partial charge in [0.25, 0.3) is 0 Å². The van der Waals surface area contributed by atoms with Crippen LogP contribution in [0.25, 0.3) is 0 Å². The van der Waals surface area contributed by atoms with Crippen molar-refractivity contribution in [3.63, 3.8) is 0 Å². The highest BCUT2D eigenvalue weighted by Crippen LogP contribution is 2.19. The second-order valence-corrected chi connectivity index (χ2v) is 3.98. The lowest BCUT2D eigenvalue weighted by molar-refractivity contribution is -0.116. The summed E-state index contributed by atoms with van der Waals surface area (Å²) in [6, 6.07) is 7.57. The second-order valence-electron chi connectivity index (χ2n) is 3.98. The van der Waals surface area contributed by atoms with Crippen molar-refractivity contribution in [2.75, 3.05) is 18.5 Å². The van der Waals surface area contributed by atoms with Gasteiger partial charge in [0, 0.05) is 12.7 Å². The molecule has 1 amide bonds. The molecule has 0 heterocycles. The molecule has 88 valence electrons. The van der Waals surface area contributed by atoms with Gasteiger partial charge < -0.3 is 15.4 Å². The molecule has 0 aliphatic carbocycles. The molecule has 4 heteroatoms. The summed E-state index contributed by atoms with van der Waals surface area (Å²) in [5.41, 5.74) is 6.06. The number of nitrogens with two attached hydrogens (primary N) is 1. The van der Waals surface area contributed by atoms with Crippen LogP contribution < -0.4 is 15.4 Å². The monoisotopic (exact) mass is 222 g/mol. The standard InChI is InChI=1S/C12H18N2O2/c1-9(2)16-11-6-4-10(5-7-11)14(3)8-12(13)15/h4-7,9H,8H2,1-3H3,(H2,13,15). The minimum absolute atomic E-state index is 0.161. The quantitative estimate of drug-likeness (QED) is 0.819. The van der Waals surface area contributed by atoms with Crippen LogP contribution in [0.3, 0.4) is 0 Å². The Morgan fingerprint density at radius 1 is 1.38 bits per heavy atom. The van der Waals surface area contributed by atoms with Crippen LogP contribution in [0.4, 0.5) is 5.69 Å². The first-order chi connectivity index (χ1) is 7.49. The lowest BCUT2D eigenvalue weighted by Crippen LogP contribution is -2.30. The third-order valence-corrected chi connectivity index (χ3v) is 2.04. The molecule has 0 saturated heterocycles. The number of rotatable bonds is 5. The molecule has 0 aliphatic rings. The molecule has 0 aromatic heterocycles. The van der Waals surface area contributed by atoms with E-state index >= 15 is 0 Å². The summed E-state index contributed by atoms with van der Waals surface area (Å²) in [6.45, 7) is 4.17. The van der Waals surface area contributed by atoms with Crippen LogP contribution in [-0.4, -0.2) is 25.6 Å². The average molecular weight is 222 g/mol. The van der Waals surface area contributed by atoms with Crippen LogP contribution in [0.15, 0.2) is 24.3 Å².